The largest absolute Gasteiger partial charge is 0.363 e. The molecule has 1 unspecified atom stereocenters. The average Bonchev–Trinajstić information content (AvgIpc) is 2.50. The maximum atomic E-state index is 6.22. The van der Waals surface area contributed by atoms with Crippen molar-refractivity contribution in [2.75, 3.05) is 32.1 Å². The molecule has 2 aromatic carbocycles. The molecule has 116 valence electrons. The van der Waals surface area contributed by atoms with Crippen molar-refractivity contribution < 1.29 is 0 Å². The topological polar surface area (TPSA) is 6.48 Å². The van der Waals surface area contributed by atoms with E-state index in [0.717, 1.165) is 25.2 Å². The van der Waals surface area contributed by atoms with Gasteiger partial charge in [-0.05, 0) is 49.8 Å². The first-order valence-electron chi connectivity index (χ1n) is 7.50. The number of hydrogen-bond donors (Lipinski definition) is 0. The molecule has 1 atom stereocenters. The molecule has 0 spiro atoms. The number of rotatable bonds is 3. The first-order valence-corrected chi connectivity index (χ1v) is 8.26. The van der Waals surface area contributed by atoms with Crippen LogP contribution in [0.5, 0.6) is 0 Å². The molecule has 2 aromatic rings. The van der Waals surface area contributed by atoms with Crippen molar-refractivity contribution in [1.82, 2.24) is 4.90 Å². The standard InChI is InChI=1S/C18H20Cl2N2/c1-21(2)12-18-15-6-4-3-5-13(15)9-10-22(18)14-7-8-16(19)17(20)11-14/h3-8,11,18H,9-10,12H2,1-2H3. The third-order valence-corrected chi connectivity index (χ3v) is 4.92. The number of fused-ring (bicyclic) bond motifs is 1. The second kappa shape index (κ2) is 6.49. The van der Waals surface area contributed by atoms with Crippen LogP contribution >= 0.6 is 23.2 Å². The van der Waals surface area contributed by atoms with E-state index in [0.29, 0.717) is 16.1 Å². The van der Waals surface area contributed by atoms with Crippen LogP contribution in [0.1, 0.15) is 17.2 Å². The Morgan fingerprint density at radius 1 is 1.09 bits per heavy atom. The van der Waals surface area contributed by atoms with Gasteiger partial charge in [0, 0.05) is 18.8 Å². The molecule has 0 saturated carbocycles. The first-order chi connectivity index (χ1) is 10.6. The summed E-state index contributed by atoms with van der Waals surface area (Å²) in [7, 11) is 4.23. The summed E-state index contributed by atoms with van der Waals surface area (Å²) in [6.45, 7) is 1.96. The molecule has 22 heavy (non-hydrogen) atoms. The van der Waals surface area contributed by atoms with Crippen molar-refractivity contribution in [2.24, 2.45) is 0 Å². The highest BCUT2D eigenvalue weighted by atomic mass is 35.5. The van der Waals surface area contributed by atoms with Crippen LogP contribution < -0.4 is 4.90 Å². The van der Waals surface area contributed by atoms with Crippen LogP contribution in [0.15, 0.2) is 42.5 Å². The van der Waals surface area contributed by atoms with Gasteiger partial charge >= 0.3 is 0 Å². The quantitative estimate of drug-likeness (QED) is 0.805. The molecule has 0 saturated heterocycles. The molecule has 2 nitrogen and oxygen atoms in total. The van der Waals surface area contributed by atoms with Gasteiger partial charge in [0.1, 0.15) is 0 Å². The molecule has 0 bridgehead atoms. The Bertz CT molecular complexity index is 670. The normalized spacial score (nSPS) is 17.7. The van der Waals surface area contributed by atoms with Gasteiger partial charge in [-0.3, -0.25) is 0 Å². The summed E-state index contributed by atoms with van der Waals surface area (Å²) >= 11 is 12.3. The zero-order valence-corrected chi connectivity index (χ0v) is 14.4. The molecule has 0 radical (unpaired) electrons. The van der Waals surface area contributed by atoms with E-state index >= 15 is 0 Å². The zero-order chi connectivity index (χ0) is 15.7. The molecule has 1 aliphatic heterocycles. The minimum absolute atomic E-state index is 0.331. The van der Waals surface area contributed by atoms with E-state index in [2.05, 4.69) is 54.2 Å². The van der Waals surface area contributed by atoms with Crippen LogP contribution in [0.3, 0.4) is 0 Å². The van der Waals surface area contributed by atoms with Crippen LogP contribution in [-0.2, 0) is 6.42 Å². The highest BCUT2D eigenvalue weighted by molar-refractivity contribution is 6.42. The number of anilines is 1. The van der Waals surface area contributed by atoms with Crippen LogP contribution in [-0.4, -0.2) is 32.1 Å². The SMILES string of the molecule is CN(C)CC1c2ccccc2CCN1c1ccc(Cl)c(Cl)c1. The van der Waals surface area contributed by atoms with Crippen LogP contribution in [0.4, 0.5) is 5.69 Å². The highest BCUT2D eigenvalue weighted by Gasteiger charge is 2.28. The number of nitrogens with zero attached hydrogens (tertiary/aromatic N) is 2. The van der Waals surface area contributed by atoms with Gasteiger partial charge in [0.05, 0.1) is 16.1 Å². The van der Waals surface area contributed by atoms with Crippen molar-refractivity contribution in [2.45, 2.75) is 12.5 Å². The Hall–Kier alpha value is -1.22. The van der Waals surface area contributed by atoms with Gasteiger partial charge < -0.3 is 9.80 Å². The van der Waals surface area contributed by atoms with E-state index in [1.165, 1.54) is 11.1 Å². The fourth-order valence-corrected chi connectivity index (χ4v) is 3.46. The summed E-state index contributed by atoms with van der Waals surface area (Å²) < 4.78 is 0. The zero-order valence-electron chi connectivity index (χ0n) is 12.9. The average molecular weight is 335 g/mol. The molecule has 1 aliphatic rings. The predicted molar refractivity (Wildman–Crippen MR) is 95.2 cm³/mol. The number of likely N-dealkylation sites (N-methyl/N-ethyl adjacent to an activating group) is 1. The Kier molecular flexibility index (Phi) is 4.62. The minimum Gasteiger partial charge on any atom is -0.363 e. The Morgan fingerprint density at radius 2 is 1.86 bits per heavy atom. The van der Waals surface area contributed by atoms with Gasteiger partial charge in [-0.1, -0.05) is 47.5 Å². The number of halogens is 2. The lowest BCUT2D eigenvalue weighted by molar-refractivity contribution is 0.358. The maximum absolute atomic E-state index is 6.22. The summed E-state index contributed by atoms with van der Waals surface area (Å²) in [5.41, 5.74) is 4.00. The second-order valence-corrected chi connectivity index (χ2v) is 6.83. The molecule has 3 rings (SSSR count). The van der Waals surface area contributed by atoms with Gasteiger partial charge in [-0.2, -0.15) is 0 Å². The fourth-order valence-electron chi connectivity index (χ4n) is 3.17. The van der Waals surface area contributed by atoms with E-state index < -0.39 is 0 Å². The molecule has 4 heteroatoms. The molecule has 0 N–H and O–H groups in total. The second-order valence-electron chi connectivity index (χ2n) is 6.02. The van der Waals surface area contributed by atoms with Gasteiger partial charge in [-0.25, -0.2) is 0 Å². The third kappa shape index (κ3) is 3.10. The number of hydrogen-bond acceptors (Lipinski definition) is 2. The van der Waals surface area contributed by atoms with E-state index in [1.54, 1.807) is 0 Å². The predicted octanol–water partition coefficient (Wildman–Crippen LogP) is 4.66. The van der Waals surface area contributed by atoms with Crippen LogP contribution in [0.2, 0.25) is 10.0 Å². The van der Waals surface area contributed by atoms with Gasteiger partial charge in [0.25, 0.3) is 0 Å². The molecular formula is C18H20Cl2N2. The lowest BCUT2D eigenvalue weighted by Crippen LogP contribution is -2.40. The lowest BCUT2D eigenvalue weighted by atomic mass is 9.91. The first kappa shape index (κ1) is 15.7. The lowest BCUT2D eigenvalue weighted by Gasteiger charge is -2.40. The summed E-state index contributed by atoms with van der Waals surface area (Å²) in [6, 6.07) is 15.0. The summed E-state index contributed by atoms with van der Waals surface area (Å²) in [5.74, 6) is 0. The third-order valence-electron chi connectivity index (χ3n) is 4.19. The fraction of sp³-hybridized carbons (Fsp3) is 0.333. The molecule has 1 heterocycles. The Morgan fingerprint density at radius 3 is 2.59 bits per heavy atom. The maximum Gasteiger partial charge on any atom is 0.0672 e. The molecular weight excluding hydrogens is 315 g/mol. The Labute approximate surface area is 142 Å². The molecule has 0 fully saturated rings. The minimum atomic E-state index is 0.331. The smallest absolute Gasteiger partial charge is 0.0672 e. The van der Waals surface area contributed by atoms with Crippen molar-refractivity contribution in [1.29, 1.82) is 0 Å². The van der Waals surface area contributed by atoms with Crippen molar-refractivity contribution >= 4 is 28.9 Å². The Balaban J connectivity index is 2.01. The summed E-state index contributed by atoms with van der Waals surface area (Å²) in [6.07, 6.45) is 1.06. The van der Waals surface area contributed by atoms with Gasteiger partial charge in [0.2, 0.25) is 0 Å². The summed E-state index contributed by atoms with van der Waals surface area (Å²) in [5, 5.41) is 1.22. The van der Waals surface area contributed by atoms with E-state index in [4.69, 9.17) is 23.2 Å². The molecule has 0 aromatic heterocycles. The molecule has 0 aliphatic carbocycles. The summed E-state index contributed by atoms with van der Waals surface area (Å²) in [4.78, 5) is 4.67. The van der Waals surface area contributed by atoms with Crippen LogP contribution in [0, 0.1) is 0 Å². The van der Waals surface area contributed by atoms with Gasteiger partial charge in [0.15, 0.2) is 0 Å². The van der Waals surface area contributed by atoms with Crippen molar-refractivity contribution in [3.8, 4) is 0 Å². The highest BCUT2D eigenvalue weighted by Crippen LogP contribution is 2.36. The number of benzene rings is 2. The van der Waals surface area contributed by atoms with Gasteiger partial charge in [-0.15, -0.1) is 0 Å². The molecule has 0 amide bonds. The van der Waals surface area contributed by atoms with Crippen molar-refractivity contribution in [3.63, 3.8) is 0 Å². The monoisotopic (exact) mass is 334 g/mol. The van der Waals surface area contributed by atoms with E-state index in [9.17, 15) is 0 Å². The van der Waals surface area contributed by atoms with E-state index in [1.807, 2.05) is 12.1 Å². The van der Waals surface area contributed by atoms with Crippen LogP contribution in [0.25, 0.3) is 0 Å². The van der Waals surface area contributed by atoms with E-state index in [-0.39, 0.29) is 0 Å². The van der Waals surface area contributed by atoms with Crippen molar-refractivity contribution in [3.05, 3.63) is 63.6 Å².